The van der Waals surface area contributed by atoms with Crippen LogP contribution in [0.2, 0.25) is 0 Å². The summed E-state index contributed by atoms with van der Waals surface area (Å²) >= 11 is 0. The van der Waals surface area contributed by atoms with Crippen molar-refractivity contribution in [2.24, 2.45) is 0 Å². The lowest BCUT2D eigenvalue weighted by atomic mass is 9.98. The summed E-state index contributed by atoms with van der Waals surface area (Å²) in [5.74, 6) is 0.642. The lowest BCUT2D eigenvalue weighted by Crippen LogP contribution is -2.25. The van der Waals surface area contributed by atoms with Crippen LogP contribution in [-0.4, -0.2) is 29.8 Å². The largest absolute Gasteiger partial charge is 0.328 e. The Morgan fingerprint density at radius 1 is 0.968 bits per heavy atom. The third kappa shape index (κ3) is 4.50. The molecule has 1 N–H and O–H groups in total. The third-order valence-electron chi connectivity index (χ3n) is 5.63. The highest BCUT2D eigenvalue weighted by Crippen LogP contribution is 2.29. The minimum absolute atomic E-state index is 0.0835. The molecule has 7 nitrogen and oxygen atoms in total. The maximum Gasteiger partial charge on any atom is 0.328 e. The lowest BCUT2D eigenvalue weighted by Gasteiger charge is -2.10. The zero-order valence-corrected chi connectivity index (χ0v) is 18.1. The van der Waals surface area contributed by atoms with Crippen LogP contribution in [-0.2, 0) is 19.5 Å². The minimum Gasteiger partial charge on any atom is -0.299 e. The first-order chi connectivity index (χ1) is 15.2. The number of hydrogen-bond donors (Lipinski definition) is 1. The number of rotatable bonds is 9. The number of tetrazole rings is 1. The Bertz CT molecular complexity index is 1170. The second kappa shape index (κ2) is 9.55. The first-order valence-electron chi connectivity index (χ1n) is 10.9. The summed E-state index contributed by atoms with van der Waals surface area (Å²) in [5, 5.41) is 14.3. The molecule has 2 heterocycles. The second-order valence-corrected chi connectivity index (χ2v) is 7.74. The Labute approximate surface area is 181 Å². The Morgan fingerprint density at radius 2 is 1.74 bits per heavy atom. The van der Waals surface area contributed by atoms with Gasteiger partial charge in [0.05, 0.1) is 6.54 Å². The lowest BCUT2D eigenvalue weighted by molar-refractivity contribution is 0.573. The molecule has 0 amide bonds. The molecule has 160 valence electrons. The number of benzene rings is 2. The summed E-state index contributed by atoms with van der Waals surface area (Å²) in [6, 6.07) is 16.4. The molecule has 0 aliphatic carbocycles. The third-order valence-corrected chi connectivity index (χ3v) is 5.63. The first kappa shape index (κ1) is 20.8. The highest BCUT2D eigenvalue weighted by molar-refractivity contribution is 5.80. The van der Waals surface area contributed by atoms with Crippen molar-refractivity contribution in [1.29, 1.82) is 0 Å². The molecule has 0 bridgehead atoms. The van der Waals surface area contributed by atoms with E-state index in [1.54, 1.807) is 0 Å². The topological polar surface area (TPSA) is 81.4 Å². The molecule has 0 radical (unpaired) electrons. The summed E-state index contributed by atoms with van der Waals surface area (Å²) in [7, 11) is 0. The molecule has 0 fully saturated rings. The van der Waals surface area contributed by atoms with E-state index in [0.717, 1.165) is 60.2 Å². The number of unbranched alkanes of at least 4 members (excludes halogenated alkanes) is 2. The zero-order valence-electron chi connectivity index (χ0n) is 18.1. The van der Waals surface area contributed by atoms with Gasteiger partial charge in [0.1, 0.15) is 0 Å². The van der Waals surface area contributed by atoms with E-state index >= 15 is 0 Å². The highest BCUT2D eigenvalue weighted by Gasteiger charge is 2.12. The Morgan fingerprint density at radius 3 is 2.42 bits per heavy atom. The molecule has 2 aromatic heterocycles. The van der Waals surface area contributed by atoms with Crippen LogP contribution in [0.3, 0.4) is 0 Å². The molecule has 2 aromatic carbocycles. The van der Waals surface area contributed by atoms with Gasteiger partial charge in [0.2, 0.25) is 0 Å². The number of aromatic nitrogens is 6. The molecule has 7 heteroatoms. The first-order valence-corrected chi connectivity index (χ1v) is 10.9. The molecular weight excluding hydrogens is 388 g/mol. The van der Waals surface area contributed by atoms with Crippen molar-refractivity contribution in [1.82, 2.24) is 29.8 Å². The number of aromatic amines is 1. The van der Waals surface area contributed by atoms with E-state index in [-0.39, 0.29) is 5.69 Å². The monoisotopic (exact) mass is 416 g/mol. The molecular formula is C24H28N6O. The number of H-pyrrole nitrogens is 1. The van der Waals surface area contributed by atoms with E-state index < -0.39 is 0 Å². The summed E-state index contributed by atoms with van der Waals surface area (Å²) in [6.07, 6.45) is 6.20. The molecule has 31 heavy (non-hydrogen) atoms. The molecule has 4 rings (SSSR count). The van der Waals surface area contributed by atoms with Gasteiger partial charge in [-0.1, -0.05) is 75.2 Å². The predicted molar refractivity (Wildman–Crippen MR) is 122 cm³/mol. The number of nitrogens with zero attached hydrogens (tertiary/aromatic N) is 5. The summed E-state index contributed by atoms with van der Waals surface area (Å²) in [5.41, 5.74) is 5.35. The van der Waals surface area contributed by atoms with Gasteiger partial charge in [0, 0.05) is 24.0 Å². The average Bonchev–Trinajstić information content (AvgIpc) is 3.44. The van der Waals surface area contributed by atoms with Crippen molar-refractivity contribution in [2.45, 2.75) is 52.6 Å². The maximum atomic E-state index is 12.9. The van der Waals surface area contributed by atoms with Crippen LogP contribution in [0, 0.1) is 0 Å². The number of hydrogen-bond acceptors (Lipinski definition) is 4. The van der Waals surface area contributed by atoms with Crippen LogP contribution in [0.25, 0.3) is 22.5 Å². The smallest absolute Gasteiger partial charge is 0.299 e. The quantitative estimate of drug-likeness (QED) is 0.413. The van der Waals surface area contributed by atoms with Crippen molar-refractivity contribution in [3.8, 4) is 22.5 Å². The zero-order chi connectivity index (χ0) is 21.6. The van der Waals surface area contributed by atoms with Gasteiger partial charge in [-0.15, -0.1) is 5.10 Å². The van der Waals surface area contributed by atoms with Gasteiger partial charge in [0.15, 0.2) is 5.82 Å². The van der Waals surface area contributed by atoms with Gasteiger partial charge >= 0.3 is 5.69 Å². The summed E-state index contributed by atoms with van der Waals surface area (Å²) < 4.78 is 3.76. The SMILES string of the molecule is CCCCCn1cc(CC)n(Cc2ccc(-c3ccccc3-c3nnn[nH]3)cc2)c1=O. The van der Waals surface area contributed by atoms with Gasteiger partial charge in [0.25, 0.3) is 0 Å². The predicted octanol–water partition coefficient (Wildman–Crippen LogP) is 4.30. The van der Waals surface area contributed by atoms with Gasteiger partial charge in [-0.25, -0.2) is 9.89 Å². The van der Waals surface area contributed by atoms with E-state index in [9.17, 15) is 4.79 Å². The molecule has 0 aliphatic rings. The Kier molecular flexibility index (Phi) is 6.40. The van der Waals surface area contributed by atoms with Crippen LogP contribution >= 0.6 is 0 Å². The van der Waals surface area contributed by atoms with Crippen LogP contribution < -0.4 is 5.69 Å². The fourth-order valence-electron chi connectivity index (χ4n) is 3.91. The molecule has 4 aromatic rings. The van der Waals surface area contributed by atoms with Crippen LogP contribution in [0.1, 0.15) is 44.4 Å². The number of aryl methyl sites for hydroxylation is 2. The number of imidazole rings is 1. The van der Waals surface area contributed by atoms with Crippen LogP contribution in [0.5, 0.6) is 0 Å². The molecule has 0 atom stereocenters. The van der Waals surface area contributed by atoms with Gasteiger partial charge in [-0.3, -0.25) is 9.13 Å². The van der Waals surface area contributed by atoms with Crippen molar-refractivity contribution in [3.63, 3.8) is 0 Å². The van der Waals surface area contributed by atoms with Crippen molar-refractivity contribution in [2.75, 3.05) is 0 Å². The van der Waals surface area contributed by atoms with Gasteiger partial charge in [-0.2, -0.15) is 0 Å². The molecule has 0 saturated carbocycles. The second-order valence-electron chi connectivity index (χ2n) is 7.74. The van der Waals surface area contributed by atoms with E-state index in [0.29, 0.717) is 12.4 Å². The van der Waals surface area contributed by atoms with Crippen molar-refractivity contribution >= 4 is 0 Å². The van der Waals surface area contributed by atoms with Crippen LogP contribution in [0.4, 0.5) is 0 Å². The van der Waals surface area contributed by atoms with E-state index in [4.69, 9.17) is 0 Å². The van der Waals surface area contributed by atoms with E-state index in [2.05, 4.69) is 64.8 Å². The Hall–Kier alpha value is -3.48. The Balaban J connectivity index is 1.58. The molecule has 0 spiro atoms. The van der Waals surface area contributed by atoms with E-state index in [1.807, 2.05) is 33.5 Å². The minimum atomic E-state index is 0.0835. The van der Waals surface area contributed by atoms with E-state index in [1.165, 1.54) is 0 Å². The fourth-order valence-corrected chi connectivity index (χ4v) is 3.91. The number of nitrogens with one attached hydrogen (secondary N) is 1. The molecule has 0 aliphatic heterocycles. The summed E-state index contributed by atoms with van der Waals surface area (Å²) in [6.45, 7) is 5.64. The molecule has 0 unspecified atom stereocenters. The highest BCUT2D eigenvalue weighted by atomic mass is 16.1. The average molecular weight is 417 g/mol. The van der Waals surface area contributed by atoms with Gasteiger partial charge in [-0.05, 0) is 40.0 Å². The summed E-state index contributed by atoms with van der Waals surface area (Å²) in [4.78, 5) is 12.9. The molecule has 0 saturated heterocycles. The van der Waals surface area contributed by atoms with Crippen LogP contribution in [0.15, 0.2) is 59.5 Å². The van der Waals surface area contributed by atoms with Crippen molar-refractivity contribution < 1.29 is 0 Å². The van der Waals surface area contributed by atoms with Crippen molar-refractivity contribution in [3.05, 3.63) is 76.5 Å². The normalized spacial score (nSPS) is 11.2. The van der Waals surface area contributed by atoms with Gasteiger partial charge < -0.3 is 0 Å². The fraction of sp³-hybridized carbons (Fsp3) is 0.333. The standard InChI is InChI=1S/C24H28N6O/c1-3-5-8-15-29-17-20(4-2)30(24(29)31)16-18-11-13-19(14-12-18)21-9-6-7-10-22(21)23-25-27-28-26-23/h6-7,9-14,17H,3-5,8,15-16H2,1-2H3,(H,25,26,27,28). The maximum absolute atomic E-state index is 12.9.